The van der Waals surface area contributed by atoms with Crippen LogP contribution in [0.5, 0.6) is 0 Å². The molecule has 0 bridgehead atoms. The van der Waals surface area contributed by atoms with Gasteiger partial charge in [0.1, 0.15) is 12.2 Å². The van der Waals surface area contributed by atoms with Crippen LogP contribution < -0.4 is 5.32 Å². The van der Waals surface area contributed by atoms with E-state index in [1.807, 2.05) is 32.0 Å². The van der Waals surface area contributed by atoms with Gasteiger partial charge in [-0.1, -0.05) is 18.2 Å². The maximum atomic E-state index is 12.5. The maximum Gasteiger partial charge on any atom is 0.340 e. The molecule has 1 aliphatic carbocycles. The fourth-order valence-corrected chi connectivity index (χ4v) is 2.21. The lowest BCUT2D eigenvalue weighted by molar-refractivity contribution is -0.112. The minimum Gasteiger partial charge on any atom is -0.497 e. The molecule has 6 heteroatoms. The molecule has 1 N–H and O–H groups in total. The van der Waals surface area contributed by atoms with Crippen LogP contribution in [0.3, 0.4) is 0 Å². The van der Waals surface area contributed by atoms with Crippen LogP contribution in [0.4, 0.5) is 5.69 Å². The number of hydrogen-bond acceptors (Lipinski definition) is 3. The van der Waals surface area contributed by atoms with Gasteiger partial charge in [-0.3, -0.25) is 4.79 Å². The van der Waals surface area contributed by atoms with Crippen LogP contribution >= 0.6 is 0 Å². The van der Waals surface area contributed by atoms with Crippen molar-refractivity contribution in [2.45, 2.75) is 20.3 Å². The second-order valence-corrected chi connectivity index (χ2v) is 4.76. The average molecular weight is 313 g/mol. The highest BCUT2D eigenvalue weighted by Gasteiger charge is 2.30. The number of carbonyl (C=O) groups is 1. The topological polar surface area (TPSA) is 84.0 Å². The molecule has 2 rings (SSSR count). The SMILES string of the molecule is CCOC1=CC(C(=O)Nc2ccccc2)=C(OCC)CC1=[N+]=[N-]. The van der Waals surface area contributed by atoms with Crippen LogP contribution in [0.25, 0.3) is 5.53 Å². The van der Waals surface area contributed by atoms with Crippen molar-refractivity contribution in [1.29, 1.82) is 0 Å². The van der Waals surface area contributed by atoms with Crippen LogP contribution in [0.1, 0.15) is 20.3 Å². The second-order valence-electron chi connectivity index (χ2n) is 4.76. The standard InChI is InChI=1S/C17H19N3O3/c1-3-22-15-11-14(20-18)16(23-4-2)10-13(15)17(21)19-12-8-6-5-7-9-12/h5-10H,3-4,11H2,1-2H3,(H,19,21). The number of carbonyl (C=O) groups excluding carboxylic acids is 1. The van der Waals surface area contributed by atoms with Crippen molar-refractivity contribution in [3.05, 3.63) is 59.0 Å². The summed E-state index contributed by atoms with van der Waals surface area (Å²) in [5.41, 5.74) is 10.5. The van der Waals surface area contributed by atoms with E-state index in [1.165, 1.54) is 0 Å². The quantitative estimate of drug-likeness (QED) is 0.647. The van der Waals surface area contributed by atoms with Gasteiger partial charge in [-0.05, 0) is 26.0 Å². The summed E-state index contributed by atoms with van der Waals surface area (Å²) in [4.78, 5) is 15.8. The van der Waals surface area contributed by atoms with Crippen molar-refractivity contribution in [3.63, 3.8) is 0 Å². The van der Waals surface area contributed by atoms with Crippen molar-refractivity contribution >= 4 is 17.3 Å². The Morgan fingerprint density at radius 2 is 1.91 bits per heavy atom. The molecule has 0 saturated carbocycles. The van der Waals surface area contributed by atoms with E-state index >= 15 is 0 Å². The van der Waals surface area contributed by atoms with Crippen LogP contribution in [0.15, 0.2) is 53.5 Å². The molecule has 0 unspecified atom stereocenters. The number of nitrogens with one attached hydrogen (secondary N) is 1. The Morgan fingerprint density at radius 1 is 1.22 bits per heavy atom. The number of hydrogen-bond donors (Lipinski definition) is 1. The number of allylic oxidation sites excluding steroid dienone is 2. The summed E-state index contributed by atoms with van der Waals surface area (Å²) in [6, 6.07) is 9.15. The number of para-hydroxylation sites is 1. The van der Waals surface area contributed by atoms with E-state index in [0.29, 0.717) is 41.7 Å². The molecule has 1 aromatic rings. The molecular weight excluding hydrogens is 294 g/mol. The molecule has 0 spiro atoms. The third-order valence-corrected chi connectivity index (χ3v) is 3.20. The molecular formula is C17H19N3O3. The first-order valence-electron chi connectivity index (χ1n) is 7.47. The highest BCUT2D eigenvalue weighted by molar-refractivity contribution is 6.10. The van der Waals surface area contributed by atoms with Gasteiger partial charge in [0.25, 0.3) is 5.91 Å². The number of anilines is 1. The summed E-state index contributed by atoms with van der Waals surface area (Å²) in [6.07, 6.45) is 1.75. The lowest BCUT2D eigenvalue weighted by Gasteiger charge is -2.17. The molecule has 1 aromatic carbocycles. The third kappa shape index (κ3) is 4.08. The van der Waals surface area contributed by atoms with E-state index in [1.54, 1.807) is 18.2 Å². The second kappa shape index (κ2) is 7.96. The first-order chi connectivity index (χ1) is 11.2. The molecule has 0 radical (unpaired) electrons. The largest absolute Gasteiger partial charge is 0.497 e. The van der Waals surface area contributed by atoms with Crippen LogP contribution in [-0.4, -0.2) is 29.6 Å². The molecule has 0 aromatic heterocycles. The summed E-state index contributed by atoms with van der Waals surface area (Å²) in [6.45, 7) is 4.47. The lowest BCUT2D eigenvalue weighted by Crippen LogP contribution is -2.23. The van der Waals surface area contributed by atoms with Gasteiger partial charge >= 0.3 is 5.71 Å². The predicted octanol–water partition coefficient (Wildman–Crippen LogP) is 2.91. The van der Waals surface area contributed by atoms with E-state index in [-0.39, 0.29) is 12.3 Å². The number of nitrogens with zero attached hydrogens (tertiary/aromatic N) is 2. The number of rotatable bonds is 6. The molecule has 0 heterocycles. The van der Waals surface area contributed by atoms with Gasteiger partial charge in [-0.2, -0.15) is 4.79 Å². The van der Waals surface area contributed by atoms with Crippen molar-refractivity contribution < 1.29 is 19.1 Å². The summed E-state index contributed by atoms with van der Waals surface area (Å²) < 4.78 is 11.0. The smallest absolute Gasteiger partial charge is 0.340 e. The van der Waals surface area contributed by atoms with Gasteiger partial charge in [0.15, 0.2) is 0 Å². The van der Waals surface area contributed by atoms with E-state index in [9.17, 15) is 4.79 Å². The first kappa shape index (κ1) is 16.5. The minimum atomic E-state index is -0.297. The minimum absolute atomic E-state index is 0.202. The van der Waals surface area contributed by atoms with Gasteiger partial charge in [0.2, 0.25) is 5.76 Å². The molecule has 1 amide bonds. The highest BCUT2D eigenvalue weighted by atomic mass is 16.5. The van der Waals surface area contributed by atoms with Gasteiger partial charge in [-0.15, -0.1) is 0 Å². The molecule has 6 nitrogen and oxygen atoms in total. The summed E-state index contributed by atoms with van der Waals surface area (Å²) in [7, 11) is 0. The Balaban J connectivity index is 2.33. The summed E-state index contributed by atoms with van der Waals surface area (Å²) >= 11 is 0. The monoisotopic (exact) mass is 313 g/mol. The third-order valence-electron chi connectivity index (χ3n) is 3.20. The fraction of sp³-hybridized carbons (Fsp3) is 0.294. The molecule has 0 saturated heterocycles. The zero-order chi connectivity index (χ0) is 16.7. The van der Waals surface area contributed by atoms with E-state index < -0.39 is 0 Å². The molecule has 0 aliphatic heterocycles. The Hall–Kier alpha value is -2.85. The van der Waals surface area contributed by atoms with Crippen molar-refractivity contribution in [3.8, 4) is 0 Å². The molecule has 0 fully saturated rings. The number of benzene rings is 1. The Bertz CT molecular complexity index is 686. The van der Waals surface area contributed by atoms with Crippen molar-refractivity contribution in [2.75, 3.05) is 18.5 Å². The molecule has 120 valence electrons. The summed E-state index contributed by atoms with van der Waals surface area (Å²) in [5, 5.41) is 2.82. The van der Waals surface area contributed by atoms with Gasteiger partial charge in [0.05, 0.1) is 18.8 Å². The molecule has 23 heavy (non-hydrogen) atoms. The molecule has 0 atom stereocenters. The van der Waals surface area contributed by atoms with Gasteiger partial charge < -0.3 is 20.3 Å². The summed E-state index contributed by atoms with van der Waals surface area (Å²) in [5.74, 6) is 0.530. The normalized spacial score (nSPS) is 14.0. The fourth-order valence-electron chi connectivity index (χ4n) is 2.21. The van der Waals surface area contributed by atoms with E-state index in [2.05, 4.69) is 10.1 Å². The van der Waals surface area contributed by atoms with Crippen molar-refractivity contribution in [1.82, 2.24) is 0 Å². The zero-order valence-electron chi connectivity index (χ0n) is 13.2. The number of ether oxygens (including phenoxy) is 2. The Labute approximate surface area is 135 Å². The Kier molecular flexibility index (Phi) is 5.72. The highest BCUT2D eigenvalue weighted by Crippen LogP contribution is 2.24. The Morgan fingerprint density at radius 3 is 2.52 bits per heavy atom. The predicted molar refractivity (Wildman–Crippen MR) is 86.7 cm³/mol. The number of amides is 1. The van der Waals surface area contributed by atoms with Crippen LogP contribution in [-0.2, 0) is 14.3 Å². The van der Waals surface area contributed by atoms with E-state index in [0.717, 1.165) is 0 Å². The van der Waals surface area contributed by atoms with Crippen LogP contribution in [0, 0.1) is 0 Å². The lowest BCUT2D eigenvalue weighted by atomic mass is 10.0. The van der Waals surface area contributed by atoms with Crippen LogP contribution in [0.2, 0.25) is 0 Å². The first-order valence-corrected chi connectivity index (χ1v) is 7.47. The molecule has 1 aliphatic rings. The van der Waals surface area contributed by atoms with Gasteiger partial charge in [0, 0.05) is 11.8 Å². The van der Waals surface area contributed by atoms with Crippen molar-refractivity contribution in [2.24, 2.45) is 0 Å². The maximum absolute atomic E-state index is 12.5. The van der Waals surface area contributed by atoms with Gasteiger partial charge in [-0.25, -0.2) is 0 Å². The average Bonchev–Trinajstić information content (AvgIpc) is 2.57. The zero-order valence-corrected chi connectivity index (χ0v) is 13.2. The van der Waals surface area contributed by atoms with E-state index in [4.69, 9.17) is 15.0 Å².